The molecule has 128 valence electrons. The van der Waals surface area contributed by atoms with Gasteiger partial charge in [-0.3, -0.25) is 9.36 Å². The van der Waals surface area contributed by atoms with Crippen molar-refractivity contribution < 1.29 is 9.53 Å². The predicted octanol–water partition coefficient (Wildman–Crippen LogP) is 2.06. The lowest BCUT2D eigenvalue weighted by Gasteiger charge is -2.33. The zero-order valence-electron chi connectivity index (χ0n) is 13.9. The zero-order chi connectivity index (χ0) is 16.7. The lowest BCUT2D eigenvalue weighted by Crippen LogP contribution is -2.45. The summed E-state index contributed by atoms with van der Waals surface area (Å²) < 4.78 is 7.55. The lowest BCUT2D eigenvalue weighted by molar-refractivity contribution is -0.143. The summed E-state index contributed by atoms with van der Waals surface area (Å²) in [4.78, 5) is 29.7. The maximum absolute atomic E-state index is 12.5. The van der Waals surface area contributed by atoms with Crippen LogP contribution in [0.4, 0.5) is 0 Å². The van der Waals surface area contributed by atoms with Gasteiger partial charge in [-0.15, -0.1) is 0 Å². The maximum Gasteiger partial charge on any atom is 0.326 e. The Kier molecular flexibility index (Phi) is 3.92. The number of likely N-dealkylation sites (tertiary alicyclic amines) is 1. The van der Waals surface area contributed by atoms with E-state index in [2.05, 4.69) is 4.98 Å². The molecule has 24 heavy (non-hydrogen) atoms. The number of aromatic amines is 1. The number of carbonyl (C=O) groups is 1. The van der Waals surface area contributed by atoms with E-state index in [1.165, 1.54) is 0 Å². The highest BCUT2D eigenvalue weighted by Gasteiger charge is 2.34. The Labute approximate surface area is 140 Å². The highest BCUT2D eigenvalue weighted by molar-refractivity contribution is 5.81. The summed E-state index contributed by atoms with van der Waals surface area (Å²) in [6.45, 7) is 3.39. The van der Waals surface area contributed by atoms with Crippen LogP contribution in [0, 0.1) is 0 Å². The Bertz CT molecular complexity index is 801. The van der Waals surface area contributed by atoms with Crippen molar-refractivity contribution in [3.8, 4) is 0 Å². The topological polar surface area (TPSA) is 67.3 Å². The third-order valence-corrected chi connectivity index (χ3v) is 5.27. The van der Waals surface area contributed by atoms with Gasteiger partial charge in [0.25, 0.3) is 5.91 Å². The van der Waals surface area contributed by atoms with Gasteiger partial charge < -0.3 is 14.6 Å². The highest BCUT2D eigenvalue weighted by Crippen LogP contribution is 2.27. The standard InChI is InChI=1S/C18H23N3O3/c1-12-6-7-16(24-12)17(22)20-10-8-13(9-11-20)21-15-5-3-2-4-14(15)19-18(21)23/h2-5,12-13,16H,6-11H2,1H3,(H,19,23)/t12-,16-/m1/s1. The monoisotopic (exact) mass is 329 g/mol. The van der Waals surface area contributed by atoms with Crippen LogP contribution in [0.15, 0.2) is 29.1 Å². The van der Waals surface area contributed by atoms with Gasteiger partial charge in [0.1, 0.15) is 6.10 Å². The fraction of sp³-hybridized carbons (Fsp3) is 0.556. The van der Waals surface area contributed by atoms with Crippen LogP contribution in [0.25, 0.3) is 11.0 Å². The second-order valence-corrected chi connectivity index (χ2v) is 6.89. The van der Waals surface area contributed by atoms with Gasteiger partial charge >= 0.3 is 5.69 Å². The first-order valence-electron chi connectivity index (χ1n) is 8.77. The van der Waals surface area contributed by atoms with E-state index < -0.39 is 0 Å². The molecule has 2 aliphatic rings. The van der Waals surface area contributed by atoms with Gasteiger partial charge in [0, 0.05) is 19.1 Å². The minimum Gasteiger partial charge on any atom is -0.365 e. The number of aromatic nitrogens is 2. The number of rotatable bonds is 2. The van der Waals surface area contributed by atoms with Gasteiger partial charge in [-0.2, -0.15) is 0 Å². The molecule has 6 nitrogen and oxygen atoms in total. The number of hydrogen-bond acceptors (Lipinski definition) is 3. The molecule has 1 N–H and O–H groups in total. The number of nitrogens with one attached hydrogen (secondary N) is 1. The minimum atomic E-state index is -0.271. The van der Waals surface area contributed by atoms with Gasteiger partial charge in [-0.05, 0) is 44.7 Å². The van der Waals surface area contributed by atoms with E-state index in [0.29, 0.717) is 13.1 Å². The summed E-state index contributed by atoms with van der Waals surface area (Å²) in [5, 5.41) is 0. The molecule has 0 spiro atoms. The SMILES string of the molecule is C[C@@H]1CC[C@H](C(=O)N2CCC(n3c(=O)[nH]c4ccccc43)CC2)O1. The number of para-hydroxylation sites is 2. The number of benzene rings is 1. The fourth-order valence-corrected chi connectivity index (χ4v) is 3.97. The zero-order valence-corrected chi connectivity index (χ0v) is 13.9. The van der Waals surface area contributed by atoms with Crippen molar-refractivity contribution in [3.05, 3.63) is 34.7 Å². The first-order valence-corrected chi connectivity index (χ1v) is 8.77. The van der Waals surface area contributed by atoms with E-state index in [0.717, 1.165) is 36.7 Å². The average Bonchev–Trinajstić information content (AvgIpc) is 3.17. The Morgan fingerprint density at radius 2 is 1.92 bits per heavy atom. The first kappa shape index (κ1) is 15.4. The Morgan fingerprint density at radius 1 is 1.17 bits per heavy atom. The lowest BCUT2D eigenvalue weighted by atomic mass is 10.0. The summed E-state index contributed by atoms with van der Waals surface area (Å²) in [5.41, 5.74) is 1.75. The number of nitrogens with zero attached hydrogens (tertiary/aromatic N) is 2. The number of hydrogen-bond donors (Lipinski definition) is 1. The molecule has 0 saturated carbocycles. The summed E-state index contributed by atoms with van der Waals surface area (Å²) in [6.07, 6.45) is 3.29. The second-order valence-electron chi connectivity index (χ2n) is 6.89. The molecule has 0 aliphatic carbocycles. The van der Waals surface area contributed by atoms with Crippen molar-refractivity contribution in [2.45, 2.75) is 50.9 Å². The molecule has 2 atom stereocenters. The Morgan fingerprint density at radius 3 is 2.62 bits per heavy atom. The van der Waals surface area contributed by atoms with Crippen LogP contribution < -0.4 is 5.69 Å². The average molecular weight is 329 g/mol. The van der Waals surface area contributed by atoms with Gasteiger partial charge in [0.05, 0.1) is 17.1 Å². The third kappa shape index (κ3) is 2.65. The van der Waals surface area contributed by atoms with E-state index in [-0.39, 0.29) is 29.8 Å². The molecule has 6 heteroatoms. The summed E-state index contributed by atoms with van der Waals surface area (Å²) in [6, 6.07) is 7.90. The number of piperidine rings is 1. The predicted molar refractivity (Wildman–Crippen MR) is 91.0 cm³/mol. The third-order valence-electron chi connectivity index (χ3n) is 5.27. The van der Waals surface area contributed by atoms with Crippen molar-refractivity contribution in [2.75, 3.05) is 13.1 Å². The van der Waals surface area contributed by atoms with Crippen LogP contribution in [-0.4, -0.2) is 45.7 Å². The van der Waals surface area contributed by atoms with Crippen molar-refractivity contribution in [3.63, 3.8) is 0 Å². The number of carbonyl (C=O) groups excluding carboxylic acids is 1. The molecule has 0 unspecified atom stereocenters. The van der Waals surface area contributed by atoms with Crippen LogP contribution in [0.2, 0.25) is 0 Å². The second kappa shape index (κ2) is 6.09. The molecule has 1 aromatic heterocycles. The number of imidazole rings is 1. The summed E-state index contributed by atoms with van der Waals surface area (Å²) in [7, 11) is 0. The van der Waals surface area contributed by atoms with Gasteiger partial charge in [-0.25, -0.2) is 4.79 Å². The maximum atomic E-state index is 12.5. The number of H-pyrrole nitrogens is 1. The fourth-order valence-electron chi connectivity index (χ4n) is 3.97. The van der Waals surface area contributed by atoms with E-state index in [9.17, 15) is 9.59 Å². The van der Waals surface area contributed by atoms with Crippen LogP contribution in [0.5, 0.6) is 0 Å². The minimum absolute atomic E-state index is 0.0612. The summed E-state index contributed by atoms with van der Waals surface area (Å²) >= 11 is 0. The number of amides is 1. The molecular weight excluding hydrogens is 306 g/mol. The van der Waals surface area contributed by atoms with E-state index in [4.69, 9.17) is 4.74 Å². The van der Waals surface area contributed by atoms with E-state index >= 15 is 0 Å². The molecule has 0 bridgehead atoms. The van der Waals surface area contributed by atoms with Crippen molar-refractivity contribution in [2.24, 2.45) is 0 Å². The normalized spacial score (nSPS) is 25.5. The first-order chi connectivity index (χ1) is 11.6. The molecular formula is C18H23N3O3. The van der Waals surface area contributed by atoms with E-state index in [1.807, 2.05) is 40.7 Å². The molecule has 2 aromatic rings. The molecule has 0 radical (unpaired) electrons. The Balaban J connectivity index is 1.47. The van der Waals surface area contributed by atoms with Crippen molar-refractivity contribution in [1.29, 1.82) is 0 Å². The van der Waals surface area contributed by atoms with Gasteiger partial charge in [0.15, 0.2) is 0 Å². The molecule has 2 saturated heterocycles. The molecule has 3 heterocycles. The van der Waals surface area contributed by atoms with Crippen molar-refractivity contribution in [1.82, 2.24) is 14.5 Å². The van der Waals surface area contributed by atoms with Crippen LogP contribution in [0.1, 0.15) is 38.6 Å². The van der Waals surface area contributed by atoms with Crippen LogP contribution >= 0.6 is 0 Å². The molecule has 2 fully saturated rings. The number of fused-ring (bicyclic) bond motifs is 1. The molecule has 4 rings (SSSR count). The smallest absolute Gasteiger partial charge is 0.326 e. The van der Waals surface area contributed by atoms with Gasteiger partial charge in [0.2, 0.25) is 0 Å². The van der Waals surface area contributed by atoms with Crippen LogP contribution in [0.3, 0.4) is 0 Å². The molecule has 2 aliphatic heterocycles. The Hall–Kier alpha value is -2.08. The largest absolute Gasteiger partial charge is 0.365 e. The summed E-state index contributed by atoms with van der Waals surface area (Å²) in [5.74, 6) is 0.115. The molecule has 1 amide bonds. The molecule has 1 aromatic carbocycles. The van der Waals surface area contributed by atoms with E-state index in [1.54, 1.807) is 0 Å². The quantitative estimate of drug-likeness (QED) is 0.917. The van der Waals surface area contributed by atoms with Crippen molar-refractivity contribution >= 4 is 16.9 Å². The number of ether oxygens (including phenoxy) is 1. The van der Waals surface area contributed by atoms with Gasteiger partial charge in [-0.1, -0.05) is 12.1 Å². The highest BCUT2D eigenvalue weighted by atomic mass is 16.5. The van der Waals surface area contributed by atoms with Crippen LogP contribution in [-0.2, 0) is 9.53 Å².